The van der Waals surface area contributed by atoms with Gasteiger partial charge in [0, 0.05) is 24.1 Å². The number of carbonyl (C=O) groups excluding carboxylic acids is 1. The fourth-order valence-corrected chi connectivity index (χ4v) is 3.26. The molecule has 0 atom stereocenters. The highest BCUT2D eigenvalue weighted by Gasteiger charge is 2.11. The number of carbonyl (C=O) groups is 1. The largest absolute Gasteiger partial charge is 0.495 e. The third-order valence-corrected chi connectivity index (χ3v) is 4.86. The minimum atomic E-state index is -0.192. The van der Waals surface area contributed by atoms with Crippen LogP contribution in [-0.2, 0) is 22.5 Å². The van der Waals surface area contributed by atoms with Crippen molar-refractivity contribution >= 4 is 11.7 Å². The number of nitrogens with one attached hydrogen (secondary N) is 1. The fourth-order valence-electron chi connectivity index (χ4n) is 3.26. The van der Waals surface area contributed by atoms with Gasteiger partial charge in [-0.1, -0.05) is 36.4 Å². The second-order valence-corrected chi connectivity index (χ2v) is 6.92. The number of hydrogen-bond acceptors (Lipinski definition) is 6. The van der Waals surface area contributed by atoms with Gasteiger partial charge in [-0.2, -0.15) is 0 Å². The number of anilines is 1. The van der Waals surface area contributed by atoms with Crippen LogP contribution in [0.4, 0.5) is 5.69 Å². The molecule has 162 valence electrons. The molecule has 31 heavy (non-hydrogen) atoms. The van der Waals surface area contributed by atoms with Crippen molar-refractivity contribution in [3.8, 4) is 22.9 Å². The van der Waals surface area contributed by atoms with Gasteiger partial charge < -0.3 is 19.5 Å². The Hall–Kier alpha value is -3.54. The standard InChI is InChI=1S/C25H28N2O4/c1-4-31-24(28)15-11-18-10-13-22(23(16-18)29-2)26-17-20-12-14-21(27-25(20)30-3)19-8-6-5-7-9-19/h5-10,12-14,16,26H,4,11,15,17H2,1-3H3. The summed E-state index contributed by atoms with van der Waals surface area (Å²) in [5.74, 6) is 1.11. The number of nitrogens with zero attached hydrogens (tertiary/aromatic N) is 1. The molecule has 0 saturated carbocycles. The Bertz CT molecular complexity index is 1010. The quantitative estimate of drug-likeness (QED) is 0.472. The van der Waals surface area contributed by atoms with Crippen molar-refractivity contribution in [1.82, 2.24) is 4.98 Å². The van der Waals surface area contributed by atoms with E-state index in [9.17, 15) is 4.79 Å². The van der Waals surface area contributed by atoms with Crippen LogP contribution in [0.2, 0.25) is 0 Å². The Morgan fingerprint density at radius 1 is 1.00 bits per heavy atom. The third-order valence-electron chi connectivity index (χ3n) is 4.86. The van der Waals surface area contributed by atoms with Crippen LogP contribution in [0, 0.1) is 0 Å². The number of aromatic nitrogens is 1. The fraction of sp³-hybridized carbons (Fsp3) is 0.280. The molecule has 1 aromatic heterocycles. The smallest absolute Gasteiger partial charge is 0.306 e. The number of benzene rings is 2. The first kappa shape index (κ1) is 22.2. The van der Waals surface area contributed by atoms with Crippen molar-refractivity contribution in [3.63, 3.8) is 0 Å². The number of rotatable bonds is 10. The van der Waals surface area contributed by atoms with E-state index in [0.717, 1.165) is 28.1 Å². The topological polar surface area (TPSA) is 69.7 Å². The maximum Gasteiger partial charge on any atom is 0.306 e. The Balaban J connectivity index is 1.69. The Morgan fingerprint density at radius 3 is 2.52 bits per heavy atom. The molecule has 2 aromatic carbocycles. The first-order valence-corrected chi connectivity index (χ1v) is 10.3. The summed E-state index contributed by atoms with van der Waals surface area (Å²) in [5.41, 5.74) is 4.72. The minimum Gasteiger partial charge on any atom is -0.495 e. The van der Waals surface area contributed by atoms with Crippen LogP contribution in [0.5, 0.6) is 11.6 Å². The van der Waals surface area contributed by atoms with Gasteiger partial charge in [0.2, 0.25) is 5.88 Å². The summed E-state index contributed by atoms with van der Waals surface area (Å²) in [6.07, 6.45) is 0.953. The highest BCUT2D eigenvalue weighted by molar-refractivity contribution is 5.70. The molecule has 0 saturated heterocycles. The first-order valence-electron chi connectivity index (χ1n) is 10.3. The zero-order valence-electron chi connectivity index (χ0n) is 18.2. The van der Waals surface area contributed by atoms with Gasteiger partial charge in [-0.15, -0.1) is 0 Å². The number of aryl methyl sites for hydroxylation is 1. The molecular weight excluding hydrogens is 392 g/mol. The lowest BCUT2D eigenvalue weighted by Crippen LogP contribution is -2.06. The van der Waals surface area contributed by atoms with Crippen LogP contribution in [0.25, 0.3) is 11.3 Å². The Kier molecular flexibility index (Phi) is 7.87. The van der Waals surface area contributed by atoms with Gasteiger partial charge in [0.25, 0.3) is 0 Å². The predicted molar refractivity (Wildman–Crippen MR) is 121 cm³/mol. The van der Waals surface area contributed by atoms with Crippen LogP contribution in [0.15, 0.2) is 60.7 Å². The maximum absolute atomic E-state index is 11.6. The first-order chi connectivity index (χ1) is 15.1. The minimum absolute atomic E-state index is 0.192. The van der Waals surface area contributed by atoms with E-state index in [4.69, 9.17) is 14.2 Å². The van der Waals surface area contributed by atoms with E-state index in [-0.39, 0.29) is 5.97 Å². The summed E-state index contributed by atoms with van der Waals surface area (Å²) < 4.78 is 16.0. The van der Waals surface area contributed by atoms with Crippen LogP contribution in [0.1, 0.15) is 24.5 Å². The lowest BCUT2D eigenvalue weighted by Gasteiger charge is -2.15. The molecule has 6 nitrogen and oxygen atoms in total. The second-order valence-electron chi connectivity index (χ2n) is 6.92. The molecule has 1 heterocycles. The van der Waals surface area contributed by atoms with E-state index < -0.39 is 0 Å². The zero-order valence-corrected chi connectivity index (χ0v) is 18.2. The Morgan fingerprint density at radius 2 is 1.81 bits per heavy atom. The Labute approximate surface area is 183 Å². The van der Waals surface area contributed by atoms with Crippen LogP contribution >= 0.6 is 0 Å². The molecule has 0 radical (unpaired) electrons. The summed E-state index contributed by atoms with van der Waals surface area (Å²) in [6.45, 7) is 2.74. The summed E-state index contributed by atoms with van der Waals surface area (Å²) in [6, 6.07) is 19.9. The summed E-state index contributed by atoms with van der Waals surface area (Å²) >= 11 is 0. The molecule has 0 unspecified atom stereocenters. The van der Waals surface area contributed by atoms with Crippen LogP contribution < -0.4 is 14.8 Å². The van der Waals surface area contributed by atoms with Crippen LogP contribution in [0.3, 0.4) is 0 Å². The molecule has 0 aliphatic rings. The van der Waals surface area contributed by atoms with Gasteiger partial charge in [0.15, 0.2) is 0 Å². The van der Waals surface area contributed by atoms with Gasteiger partial charge in [0.1, 0.15) is 5.75 Å². The van der Waals surface area contributed by atoms with Gasteiger partial charge in [-0.3, -0.25) is 4.79 Å². The zero-order chi connectivity index (χ0) is 22.1. The monoisotopic (exact) mass is 420 g/mol. The highest BCUT2D eigenvalue weighted by atomic mass is 16.5. The third kappa shape index (κ3) is 5.98. The molecule has 0 bridgehead atoms. The average molecular weight is 421 g/mol. The van der Waals surface area contributed by atoms with Crippen molar-refractivity contribution in [2.45, 2.75) is 26.3 Å². The molecule has 0 fully saturated rings. The summed E-state index contributed by atoms with van der Waals surface area (Å²) in [7, 11) is 3.26. The second kappa shape index (κ2) is 11.0. The average Bonchev–Trinajstić information content (AvgIpc) is 2.82. The number of methoxy groups -OCH3 is 2. The molecule has 6 heteroatoms. The van der Waals surface area contributed by atoms with Gasteiger partial charge in [-0.25, -0.2) is 4.98 Å². The van der Waals surface area contributed by atoms with Gasteiger partial charge >= 0.3 is 5.97 Å². The SMILES string of the molecule is CCOC(=O)CCc1ccc(NCc2ccc(-c3ccccc3)nc2OC)c(OC)c1. The maximum atomic E-state index is 11.6. The van der Waals surface area contributed by atoms with E-state index in [1.807, 2.05) is 60.7 Å². The normalized spacial score (nSPS) is 10.4. The molecule has 0 aliphatic heterocycles. The van der Waals surface area contributed by atoms with E-state index in [1.54, 1.807) is 21.1 Å². The molecule has 3 rings (SSSR count). The molecule has 0 amide bonds. The van der Waals surface area contributed by atoms with E-state index in [1.165, 1.54) is 0 Å². The van der Waals surface area contributed by atoms with E-state index in [2.05, 4.69) is 10.3 Å². The lowest BCUT2D eigenvalue weighted by atomic mass is 10.1. The number of pyridine rings is 1. The van der Waals surface area contributed by atoms with Crippen molar-refractivity contribution < 1.29 is 19.0 Å². The molecule has 1 N–H and O–H groups in total. The van der Waals surface area contributed by atoms with Crippen molar-refractivity contribution in [2.24, 2.45) is 0 Å². The number of ether oxygens (including phenoxy) is 3. The highest BCUT2D eigenvalue weighted by Crippen LogP contribution is 2.28. The molecule has 3 aromatic rings. The number of esters is 1. The van der Waals surface area contributed by atoms with Gasteiger partial charge in [0.05, 0.1) is 32.2 Å². The molecule has 0 spiro atoms. The molecule has 0 aliphatic carbocycles. The molecular formula is C25H28N2O4. The van der Waals surface area contributed by atoms with Crippen molar-refractivity contribution in [2.75, 3.05) is 26.1 Å². The number of hydrogen-bond donors (Lipinski definition) is 1. The predicted octanol–water partition coefficient (Wildman–Crippen LogP) is 4.87. The van der Waals surface area contributed by atoms with Crippen molar-refractivity contribution in [1.29, 1.82) is 0 Å². The summed E-state index contributed by atoms with van der Waals surface area (Å²) in [4.78, 5) is 16.2. The van der Waals surface area contributed by atoms with E-state index >= 15 is 0 Å². The summed E-state index contributed by atoms with van der Waals surface area (Å²) in [5, 5.41) is 3.39. The van der Waals surface area contributed by atoms with E-state index in [0.29, 0.717) is 37.6 Å². The lowest BCUT2D eigenvalue weighted by molar-refractivity contribution is -0.143. The van der Waals surface area contributed by atoms with Crippen molar-refractivity contribution in [3.05, 3.63) is 71.8 Å². The van der Waals surface area contributed by atoms with Gasteiger partial charge in [-0.05, 0) is 43.2 Å². The van der Waals surface area contributed by atoms with Crippen LogP contribution in [-0.4, -0.2) is 31.8 Å².